The molecule has 32 heavy (non-hydrogen) atoms. The van der Waals surface area contributed by atoms with Crippen molar-refractivity contribution in [2.75, 3.05) is 6.61 Å². The monoisotopic (exact) mass is 432 g/mol. The second kappa shape index (κ2) is 9.00. The van der Waals surface area contributed by atoms with Crippen LogP contribution in [-0.2, 0) is 9.53 Å². The summed E-state index contributed by atoms with van der Waals surface area (Å²) in [6.07, 6.45) is 2.73. The number of rotatable bonds is 6. The number of ether oxygens (including phenoxy) is 1. The fraction of sp³-hybridized carbons (Fsp3) is 0.407. The number of hydrogen-bond donors (Lipinski definition) is 2. The maximum Gasteiger partial charge on any atom is 0.179 e. The molecule has 1 aliphatic carbocycles. The third kappa shape index (κ3) is 4.27. The molecular weight excluding hydrogens is 400 g/mol. The Morgan fingerprint density at radius 1 is 1.16 bits per heavy atom. The number of aliphatic hydroxyl groups excluding tert-OH is 1. The van der Waals surface area contributed by atoms with Crippen LogP contribution >= 0.6 is 0 Å². The summed E-state index contributed by atoms with van der Waals surface area (Å²) in [7, 11) is 0. The Morgan fingerprint density at radius 3 is 2.53 bits per heavy atom. The van der Waals surface area contributed by atoms with Crippen molar-refractivity contribution in [3.63, 3.8) is 0 Å². The Morgan fingerprint density at radius 2 is 1.91 bits per heavy atom. The average Bonchev–Trinajstić information content (AvgIpc) is 2.77. The van der Waals surface area contributed by atoms with Crippen LogP contribution in [0.5, 0.6) is 0 Å². The first kappa shape index (κ1) is 22.4. The van der Waals surface area contributed by atoms with Crippen molar-refractivity contribution in [3.05, 3.63) is 76.8 Å². The van der Waals surface area contributed by atoms with Crippen LogP contribution < -0.4 is 5.32 Å². The number of benzene rings is 1. The van der Waals surface area contributed by atoms with E-state index in [1.807, 2.05) is 49.4 Å². The molecule has 5 nitrogen and oxygen atoms in total. The van der Waals surface area contributed by atoms with Crippen LogP contribution in [0.2, 0.25) is 0 Å². The van der Waals surface area contributed by atoms with E-state index in [1.165, 1.54) is 0 Å². The van der Waals surface area contributed by atoms with Crippen molar-refractivity contribution >= 4 is 5.78 Å². The molecule has 0 bridgehead atoms. The lowest BCUT2D eigenvalue weighted by atomic mass is 9.68. The van der Waals surface area contributed by atoms with E-state index in [1.54, 1.807) is 6.20 Å². The number of ketones is 1. The first-order chi connectivity index (χ1) is 15.3. The summed E-state index contributed by atoms with van der Waals surface area (Å²) in [6, 6.07) is 14.0. The minimum Gasteiger partial charge on any atom is -0.364 e. The van der Waals surface area contributed by atoms with Crippen molar-refractivity contribution in [2.45, 2.75) is 59.2 Å². The van der Waals surface area contributed by atoms with E-state index in [-0.39, 0.29) is 17.1 Å². The number of nitrogens with zero attached hydrogens (tertiary/aromatic N) is 1. The molecule has 0 amide bonds. The van der Waals surface area contributed by atoms with Crippen LogP contribution in [0, 0.1) is 5.41 Å². The first-order valence-corrected chi connectivity index (χ1v) is 11.4. The highest BCUT2D eigenvalue weighted by Crippen LogP contribution is 2.48. The number of hydrogen-bond acceptors (Lipinski definition) is 5. The van der Waals surface area contributed by atoms with Crippen LogP contribution in [0.25, 0.3) is 11.3 Å². The minimum absolute atomic E-state index is 0.0921. The van der Waals surface area contributed by atoms with E-state index >= 15 is 0 Å². The van der Waals surface area contributed by atoms with Gasteiger partial charge in [-0.2, -0.15) is 0 Å². The lowest BCUT2D eigenvalue weighted by Crippen LogP contribution is -2.40. The Hall–Kier alpha value is -2.76. The molecule has 0 saturated carbocycles. The Labute approximate surface area is 190 Å². The number of Topliss-reactive ketones (excluding diaryl/α,β-unsaturated/α-hetero) is 1. The molecule has 2 heterocycles. The highest BCUT2D eigenvalue weighted by atomic mass is 16.6. The standard InChI is InChI=1S/C27H32N2O3/c1-5-19-25(26(31)32-6-2)23(24-21(29-19)15-27(3,4)16-22(24)30)18-12-10-17(11-13-18)20-9-7-8-14-28-20/h7-14,23,26,29,31H,5-6,15-16H2,1-4H3. The second-order valence-electron chi connectivity index (χ2n) is 9.32. The molecule has 2 atom stereocenters. The van der Waals surface area contributed by atoms with Crippen LogP contribution in [0.3, 0.4) is 0 Å². The van der Waals surface area contributed by atoms with Gasteiger partial charge in [-0.15, -0.1) is 0 Å². The average molecular weight is 433 g/mol. The molecule has 1 aliphatic heterocycles. The smallest absolute Gasteiger partial charge is 0.179 e. The van der Waals surface area contributed by atoms with Gasteiger partial charge in [-0.3, -0.25) is 9.78 Å². The number of aromatic nitrogens is 1. The van der Waals surface area contributed by atoms with Gasteiger partial charge in [0.1, 0.15) is 0 Å². The molecule has 0 saturated heterocycles. The molecule has 1 aromatic heterocycles. The highest BCUT2D eigenvalue weighted by molar-refractivity contribution is 6.00. The molecule has 2 aliphatic rings. The highest BCUT2D eigenvalue weighted by Gasteiger charge is 2.43. The lowest BCUT2D eigenvalue weighted by molar-refractivity contribution is -0.118. The van der Waals surface area contributed by atoms with Gasteiger partial charge >= 0.3 is 0 Å². The summed E-state index contributed by atoms with van der Waals surface area (Å²) < 4.78 is 5.63. The fourth-order valence-electron chi connectivity index (χ4n) is 4.92. The summed E-state index contributed by atoms with van der Waals surface area (Å²) >= 11 is 0. The van der Waals surface area contributed by atoms with Gasteiger partial charge in [0.25, 0.3) is 0 Å². The van der Waals surface area contributed by atoms with E-state index < -0.39 is 6.29 Å². The van der Waals surface area contributed by atoms with E-state index in [2.05, 4.69) is 31.1 Å². The van der Waals surface area contributed by atoms with Crippen LogP contribution in [-0.4, -0.2) is 28.8 Å². The van der Waals surface area contributed by atoms with Gasteiger partial charge in [-0.1, -0.05) is 51.1 Å². The Kier molecular flexibility index (Phi) is 6.31. The van der Waals surface area contributed by atoms with E-state index in [9.17, 15) is 9.90 Å². The number of pyridine rings is 1. The summed E-state index contributed by atoms with van der Waals surface area (Å²) in [5.74, 6) is -0.192. The van der Waals surface area contributed by atoms with Crippen LogP contribution in [0.1, 0.15) is 58.4 Å². The van der Waals surface area contributed by atoms with Gasteiger partial charge in [0.2, 0.25) is 0 Å². The normalized spacial score (nSPS) is 21.3. The number of dihydropyridines is 1. The molecule has 0 spiro atoms. The number of nitrogens with one attached hydrogen (secondary N) is 1. The predicted octanol–water partition coefficient (Wildman–Crippen LogP) is 5.10. The van der Waals surface area contributed by atoms with Crippen molar-refractivity contribution < 1.29 is 14.6 Å². The molecular formula is C27H32N2O3. The zero-order valence-electron chi connectivity index (χ0n) is 19.3. The minimum atomic E-state index is -1.07. The Bertz CT molecular complexity index is 1050. The van der Waals surface area contributed by atoms with Crippen LogP contribution in [0.15, 0.2) is 71.2 Å². The van der Waals surface area contributed by atoms with E-state index in [0.29, 0.717) is 19.4 Å². The van der Waals surface area contributed by atoms with E-state index in [0.717, 1.165) is 45.8 Å². The van der Waals surface area contributed by atoms with Crippen molar-refractivity contribution in [3.8, 4) is 11.3 Å². The summed E-state index contributed by atoms with van der Waals surface area (Å²) in [5.41, 5.74) is 6.23. The molecule has 5 heteroatoms. The molecule has 2 unspecified atom stereocenters. The Balaban J connectivity index is 1.83. The summed E-state index contributed by atoms with van der Waals surface area (Å²) in [5, 5.41) is 14.5. The topological polar surface area (TPSA) is 71.5 Å². The second-order valence-corrected chi connectivity index (χ2v) is 9.32. The molecule has 4 rings (SSSR count). The first-order valence-electron chi connectivity index (χ1n) is 11.4. The number of allylic oxidation sites excluding steroid dienone is 3. The molecule has 0 radical (unpaired) electrons. The van der Waals surface area contributed by atoms with Gasteiger partial charge in [0.05, 0.1) is 5.69 Å². The van der Waals surface area contributed by atoms with Crippen molar-refractivity contribution in [1.29, 1.82) is 0 Å². The van der Waals surface area contributed by atoms with Gasteiger partial charge in [0, 0.05) is 53.2 Å². The maximum absolute atomic E-state index is 13.4. The number of carbonyl (C=O) groups excluding carboxylic acids is 1. The molecule has 168 valence electrons. The van der Waals surface area contributed by atoms with Gasteiger partial charge in [-0.05, 0) is 42.9 Å². The maximum atomic E-state index is 13.4. The van der Waals surface area contributed by atoms with Gasteiger partial charge in [-0.25, -0.2) is 0 Å². The lowest BCUT2D eigenvalue weighted by Gasteiger charge is -2.41. The zero-order valence-corrected chi connectivity index (χ0v) is 19.3. The van der Waals surface area contributed by atoms with Crippen molar-refractivity contribution in [1.82, 2.24) is 10.3 Å². The zero-order chi connectivity index (χ0) is 22.9. The van der Waals surface area contributed by atoms with E-state index in [4.69, 9.17) is 4.74 Å². The number of aliphatic hydroxyl groups is 1. The van der Waals surface area contributed by atoms with Gasteiger partial charge in [0.15, 0.2) is 12.1 Å². The largest absolute Gasteiger partial charge is 0.364 e. The predicted molar refractivity (Wildman–Crippen MR) is 126 cm³/mol. The molecule has 2 aromatic rings. The molecule has 1 aromatic carbocycles. The van der Waals surface area contributed by atoms with Crippen molar-refractivity contribution in [2.24, 2.45) is 5.41 Å². The molecule has 0 fully saturated rings. The molecule has 2 N–H and O–H groups in total. The third-order valence-electron chi connectivity index (χ3n) is 6.32. The SMILES string of the molecule is CCOC(O)C1=C(CC)NC2=C(C(=O)CC(C)(C)C2)C1c1ccc(-c2ccccn2)cc1. The number of carbonyl (C=O) groups is 1. The summed E-state index contributed by atoms with van der Waals surface area (Å²) in [6.45, 7) is 8.57. The summed E-state index contributed by atoms with van der Waals surface area (Å²) in [4.78, 5) is 17.8. The quantitative estimate of drug-likeness (QED) is 0.622. The third-order valence-corrected chi connectivity index (χ3v) is 6.32. The van der Waals surface area contributed by atoms with Crippen LogP contribution in [0.4, 0.5) is 0 Å². The van der Waals surface area contributed by atoms with Gasteiger partial charge < -0.3 is 15.2 Å². The fourth-order valence-corrected chi connectivity index (χ4v) is 4.92.